The minimum Gasteiger partial charge on any atom is -0.383 e. The topological polar surface area (TPSA) is 93.5 Å². The summed E-state index contributed by atoms with van der Waals surface area (Å²) in [5, 5.41) is 5.27. The van der Waals surface area contributed by atoms with Gasteiger partial charge in [-0.15, -0.1) is 19.0 Å². The van der Waals surface area contributed by atoms with Crippen molar-refractivity contribution in [3.05, 3.63) is 42.5 Å². The zero-order valence-corrected chi connectivity index (χ0v) is 12.6. The summed E-state index contributed by atoms with van der Waals surface area (Å²) in [6, 6.07) is 5.91. The molecular formula is C14H20ClN3O3. The number of carbonyl (C=O) groups excluding carboxylic acids is 2. The lowest BCUT2D eigenvalue weighted by atomic mass is 10.1. The van der Waals surface area contributed by atoms with E-state index in [1.807, 2.05) is 0 Å². The molecule has 6 nitrogen and oxygen atoms in total. The average Bonchev–Trinajstić information content (AvgIpc) is 2.45. The van der Waals surface area contributed by atoms with Gasteiger partial charge in [-0.05, 0) is 12.1 Å². The van der Waals surface area contributed by atoms with Gasteiger partial charge in [-0.25, -0.2) is 0 Å². The van der Waals surface area contributed by atoms with E-state index in [2.05, 4.69) is 17.2 Å². The Bertz CT molecular complexity index is 494. The first-order valence-electron chi connectivity index (χ1n) is 6.13. The number of amides is 2. The maximum atomic E-state index is 11.9. The highest BCUT2D eigenvalue weighted by Crippen LogP contribution is 2.15. The Morgan fingerprint density at radius 2 is 2.10 bits per heavy atom. The molecule has 0 saturated carbocycles. The quantitative estimate of drug-likeness (QED) is 0.653. The van der Waals surface area contributed by atoms with Crippen LogP contribution in [0.4, 0.5) is 5.69 Å². The summed E-state index contributed by atoms with van der Waals surface area (Å²) < 4.78 is 4.82. The van der Waals surface area contributed by atoms with Gasteiger partial charge in [-0.2, -0.15) is 0 Å². The van der Waals surface area contributed by atoms with Crippen molar-refractivity contribution in [3.63, 3.8) is 0 Å². The highest BCUT2D eigenvalue weighted by molar-refractivity contribution is 6.04. The second kappa shape index (κ2) is 9.93. The van der Waals surface area contributed by atoms with Crippen LogP contribution in [0.2, 0.25) is 0 Å². The van der Waals surface area contributed by atoms with E-state index < -0.39 is 11.9 Å². The van der Waals surface area contributed by atoms with E-state index in [4.69, 9.17) is 10.5 Å². The van der Waals surface area contributed by atoms with Crippen LogP contribution in [0, 0.1) is 0 Å². The highest BCUT2D eigenvalue weighted by Gasteiger charge is 2.16. The molecule has 0 aromatic heterocycles. The molecular weight excluding hydrogens is 294 g/mol. The predicted octanol–water partition coefficient (Wildman–Crippen LogP) is 0.936. The number of para-hydroxylation sites is 1. The lowest BCUT2D eigenvalue weighted by Crippen LogP contribution is -2.39. The fraction of sp³-hybridized carbons (Fsp3) is 0.286. The van der Waals surface area contributed by atoms with Gasteiger partial charge >= 0.3 is 0 Å². The smallest absolute Gasteiger partial charge is 0.253 e. The molecule has 0 heterocycles. The molecule has 0 saturated heterocycles. The largest absolute Gasteiger partial charge is 0.383 e. The molecule has 21 heavy (non-hydrogen) atoms. The second-order valence-electron chi connectivity index (χ2n) is 4.10. The van der Waals surface area contributed by atoms with Gasteiger partial charge in [0.05, 0.1) is 17.9 Å². The number of anilines is 1. The van der Waals surface area contributed by atoms with Crippen molar-refractivity contribution in [1.29, 1.82) is 0 Å². The summed E-state index contributed by atoms with van der Waals surface area (Å²) in [5.74, 6) is -0.697. The van der Waals surface area contributed by atoms with Gasteiger partial charge in [-0.1, -0.05) is 18.2 Å². The van der Waals surface area contributed by atoms with Gasteiger partial charge < -0.3 is 21.1 Å². The molecule has 2 amide bonds. The number of ether oxygens (including phenoxy) is 1. The van der Waals surface area contributed by atoms with Gasteiger partial charge in [0.1, 0.15) is 6.04 Å². The number of rotatable bonds is 7. The third-order valence-electron chi connectivity index (χ3n) is 2.52. The van der Waals surface area contributed by atoms with Crippen molar-refractivity contribution < 1.29 is 14.3 Å². The van der Waals surface area contributed by atoms with Crippen LogP contribution in [0.15, 0.2) is 36.9 Å². The fourth-order valence-corrected chi connectivity index (χ4v) is 1.53. The van der Waals surface area contributed by atoms with Crippen LogP contribution in [0.1, 0.15) is 10.4 Å². The maximum Gasteiger partial charge on any atom is 0.253 e. The van der Waals surface area contributed by atoms with Crippen molar-refractivity contribution in [2.75, 3.05) is 25.6 Å². The first-order chi connectivity index (χ1) is 9.60. The third kappa shape index (κ3) is 5.95. The number of halogens is 1. The van der Waals surface area contributed by atoms with E-state index in [0.717, 1.165) is 0 Å². The fourth-order valence-electron chi connectivity index (χ4n) is 1.53. The molecule has 1 aromatic carbocycles. The summed E-state index contributed by atoms with van der Waals surface area (Å²) in [6.07, 6.45) is 1.58. The molecule has 1 rings (SSSR count). The number of hydrogen-bond acceptors (Lipinski definition) is 4. The molecule has 0 aliphatic carbocycles. The molecule has 0 aliphatic heterocycles. The first kappa shape index (κ1) is 19.1. The highest BCUT2D eigenvalue weighted by atomic mass is 35.5. The lowest BCUT2D eigenvalue weighted by Gasteiger charge is -2.14. The molecule has 1 aromatic rings. The van der Waals surface area contributed by atoms with E-state index in [0.29, 0.717) is 17.8 Å². The van der Waals surface area contributed by atoms with E-state index in [1.165, 1.54) is 7.11 Å². The molecule has 0 spiro atoms. The minimum absolute atomic E-state index is 0. The summed E-state index contributed by atoms with van der Waals surface area (Å²) >= 11 is 0. The number of benzene rings is 1. The van der Waals surface area contributed by atoms with E-state index >= 15 is 0 Å². The summed E-state index contributed by atoms with van der Waals surface area (Å²) in [7, 11) is 1.46. The standard InChI is InChI=1S/C14H19N3O3.ClH/c1-3-8-16-13(18)10-6-4-5-7-12(10)17-14(19)11(15)9-20-2;/h3-7,11H,1,8-9,15H2,2H3,(H,16,18)(H,17,19);1H. The maximum absolute atomic E-state index is 11.9. The van der Waals surface area contributed by atoms with Crippen LogP contribution in [0.25, 0.3) is 0 Å². The summed E-state index contributed by atoms with van der Waals surface area (Å²) in [6.45, 7) is 3.99. The van der Waals surface area contributed by atoms with Crippen molar-refractivity contribution in [3.8, 4) is 0 Å². The molecule has 0 bridgehead atoms. The van der Waals surface area contributed by atoms with Gasteiger partial charge in [0.15, 0.2) is 0 Å². The van der Waals surface area contributed by atoms with Crippen molar-refractivity contribution in [2.45, 2.75) is 6.04 Å². The normalized spacial score (nSPS) is 11.0. The van der Waals surface area contributed by atoms with Crippen LogP contribution in [-0.4, -0.2) is 38.1 Å². The third-order valence-corrected chi connectivity index (χ3v) is 2.52. The summed E-state index contributed by atoms with van der Waals surface area (Å²) in [4.78, 5) is 23.8. The lowest BCUT2D eigenvalue weighted by molar-refractivity contribution is -0.118. The molecule has 7 heteroatoms. The number of carbonyl (C=O) groups is 2. The number of methoxy groups -OCH3 is 1. The van der Waals surface area contributed by atoms with Gasteiger partial charge in [0.2, 0.25) is 5.91 Å². The molecule has 0 fully saturated rings. The van der Waals surface area contributed by atoms with Crippen molar-refractivity contribution >= 4 is 29.9 Å². The number of hydrogen-bond donors (Lipinski definition) is 3. The molecule has 116 valence electrons. The second-order valence-corrected chi connectivity index (χ2v) is 4.10. The van der Waals surface area contributed by atoms with Crippen LogP contribution >= 0.6 is 12.4 Å². The Labute approximate surface area is 130 Å². The van der Waals surface area contributed by atoms with Crippen LogP contribution in [0.3, 0.4) is 0 Å². The predicted molar refractivity (Wildman–Crippen MR) is 84.7 cm³/mol. The summed E-state index contributed by atoms with van der Waals surface area (Å²) in [5.41, 5.74) is 6.41. The zero-order chi connectivity index (χ0) is 15.0. The molecule has 4 N–H and O–H groups in total. The number of nitrogens with two attached hydrogens (primary N) is 1. The van der Waals surface area contributed by atoms with E-state index in [-0.39, 0.29) is 24.9 Å². The monoisotopic (exact) mass is 313 g/mol. The minimum atomic E-state index is -0.788. The Kier molecular flexibility index (Phi) is 9.03. The van der Waals surface area contributed by atoms with E-state index in [9.17, 15) is 9.59 Å². The van der Waals surface area contributed by atoms with Crippen LogP contribution in [0.5, 0.6) is 0 Å². The Balaban J connectivity index is 0.00000400. The molecule has 1 atom stereocenters. The van der Waals surface area contributed by atoms with E-state index in [1.54, 1.807) is 30.3 Å². The SMILES string of the molecule is C=CCNC(=O)c1ccccc1NC(=O)C(N)COC.Cl. The van der Waals surface area contributed by atoms with Crippen LogP contribution in [-0.2, 0) is 9.53 Å². The Morgan fingerprint density at radius 3 is 2.71 bits per heavy atom. The Hall–Kier alpha value is -1.89. The Morgan fingerprint density at radius 1 is 1.43 bits per heavy atom. The molecule has 0 radical (unpaired) electrons. The van der Waals surface area contributed by atoms with Crippen molar-refractivity contribution in [2.24, 2.45) is 5.73 Å². The van der Waals surface area contributed by atoms with Gasteiger partial charge in [0, 0.05) is 13.7 Å². The van der Waals surface area contributed by atoms with Crippen LogP contribution < -0.4 is 16.4 Å². The van der Waals surface area contributed by atoms with Crippen molar-refractivity contribution in [1.82, 2.24) is 5.32 Å². The van der Waals surface area contributed by atoms with Gasteiger partial charge in [-0.3, -0.25) is 9.59 Å². The average molecular weight is 314 g/mol. The zero-order valence-electron chi connectivity index (χ0n) is 11.8. The van der Waals surface area contributed by atoms with Gasteiger partial charge in [0.25, 0.3) is 5.91 Å². The molecule has 0 aliphatic rings. The molecule has 1 unspecified atom stereocenters. The number of nitrogens with one attached hydrogen (secondary N) is 2. The first-order valence-corrected chi connectivity index (χ1v) is 6.13.